The first kappa shape index (κ1) is 16.9. The van der Waals surface area contributed by atoms with Crippen LogP contribution in [0.2, 0.25) is 0 Å². The largest absolute Gasteiger partial charge is 0.491 e. The van der Waals surface area contributed by atoms with Gasteiger partial charge in [0.2, 0.25) is 10.0 Å². The predicted molar refractivity (Wildman–Crippen MR) is 86.8 cm³/mol. The summed E-state index contributed by atoms with van der Waals surface area (Å²) in [6, 6.07) is 3.76. The lowest BCUT2D eigenvalue weighted by atomic mass is 10.0. The summed E-state index contributed by atoms with van der Waals surface area (Å²) in [7, 11) is -3.67. The average molecular weight is 353 g/mol. The predicted octanol–water partition coefficient (Wildman–Crippen LogP) is 2.05. The molecule has 1 aliphatic rings. The van der Waals surface area contributed by atoms with Crippen molar-refractivity contribution < 1.29 is 17.5 Å². The van der Waals surface area contributed by atoms with E-state index in [1.807, 2.05) is 17.8 Å². The molecule has 2 aromatic rings. The fourth-order valence-corrected chi connectivity index (χ4v) is 4.33. The molecule has 0 bridgehead atoms. The van der Waals surface area contributed by atoms with Crippen molar-refractivity contribution in [1.82, 2.24) is 14.1 Å². The monoisotopic (exact) mass is 353 g/mol. The molecular formula is C16H20FN3O3S. The highest BCUT2D eigenvalue weighted by molar-refractivity contribution is 7.89. The molecule has 0 spiro atoms. The Labute approximate surface area is 140 Å². The SMILES string of the molecule is CCOc1ccc(S(=O)(=O)N2CC(Cn3cc(C)cn3)C2)cc1F. The smallest absolute Gasteiger partial charge is 0.243 e. The van der Waals surface area contributed by atoms with Crippen molar-refractivity contribution in [3.8, 4) is 5.75 Å². The summed E-state index contributed by atoms with van der Waals surface area (Å²) in [6.07, 6.45) is 3.70. The molecule has 1 aromatic carbocycles. The van der Waals surface area contributed by atoms with E-state index in [9.17, 15) is 12.8 Å². The maximum atomic E-state index is 13.9. The third-order valence-electron chi connectivity index (χ3n) is 3.97. The van der Waals surface area contributed by atoms with Crippen LogP contribution in [0.3, 0.4) is 0 Å². The molecule has 3 rings (SSSR count). The van der Waals surface area contributed by atoms with Crippen LogP contribution in [0.5, 0.6) is 5.75 Å². The Morgan fingerprint density at radius 1 is 1.38 bits per heavy atom. The highest BCUT2D eigenvalue weighted by atomic mass is 32.2. The minimum absolute atomic E-state index is 0.0446. The van der Waals surface area contributed by atoms with E-state index < -0.39 is 15.8 Å². The number of sulfonamides is 1. The van der Waals surface area contributed by atoms with Gasteiger partial charge in [-0.25, -0.2) is 12.8 Å². The number of ether oxygens (including phenoxy) is 1. The average Bonchev–Trinajstić information content (AvgIpc) is 2.90. The number of benzene rings is 1. The number of aromatic nitrogens is 2. The molecule has 130 valence electrons. The second-order valence-electron chi connectivity index (χ2n) is 5.95. The van der Waals surface area contributed by atoms with Crippen LogP contribution in [-0.4, -0.2) is 42.2 Å². The molecule has 1 fully saturated rings. The van der Waals surface area contributed by atoms with Gasteiger partial charge in [-0.3, -0.25) is 4.68 Å². The van der Waals surface area contributed by atoms with Gasteiger partial charge in [0.15, 0.2) is 11.6 Å². The van der Waals surface area contributed by atoms with Crippen LogP contribution in [0.1, 0.15) is 12.5 Å². The lowest BCUT2D eigenvalue weighted by molar-refractivity contribution is 0.175. The van der Waals surface area contributed by atoms with Gasteiger partial charge in [0, 0.05) is 31.7 Å². The van der Waals surface area contributed by atoms with E-state index in [1.165, 1.54) is 16.4 Å². The van der Waals surface area contributed by atoms with E-state index in [1.54, 1.807) is 13.1 Å². The molecule has 6 nitrogen and oxygen atoms in total. The van der Waals surface area contributed by atoms with E-state index >= 15 is 0 Å². The van der Waals surface area contributed by atoms with Gasteiger partial charge < -0.3 is 4.74 Å². The van der Waals surface area contributed by atoms with Crippen molar-refractivity contribution in [3.63, 3.8) is 0 Å². The van der Waals surface area contributed by atoms with Gasteiger partial charge in [0.05, 0.1) is 17.7 Å². The Hall–Kier alpha value is -1.93. The van der Waals surface area contributed by atoms with Gasteiger partial charge in [0.25, 0.3) is 0 Å². The van der Waals surface area contributed by atoms with E-state index in [-0.39, 0.29) is 16.6 Å². The van der Waals surface area contributed by atoms with E-state index in [4.69, 9.17) is 4.74 Å². The summed E-state index contributed by atoms with van der Waals surface area (Å²) in [5.74, 6) is -0.388. The Morgan fingerprint density at radius 2 is 2.12 bits per heavy atom. The molecule has 0 radical (unpaired) electrons. The molecule has 0 atom stereocenters. The maximum absolute atomic E-state index is 13.9. The third-order valence-corrected chi connectivity index (χ3v) is 5.80. The van der Waals surface area contributed by atoms with Gasteiger partial charge in [-0.2, -0.15) is 9.40 Å². The lowest BCUT2D eigenvalue weighted by Gasteiger charge is -2.38. The van der Waals surface area contributed by atoms with Crippen molar-refractivity contribution in [1.29, 1.82) is 0 Å². The first-order chi connectivity index (χ1) is 11.4. The lowest BCUT2D eigenvalue weighted by Crippen LogP contribution is -2.51. The molecule has 8 heteroatoms. The first-order valence-corrected chi connectivity index (χ1v) is 9.25. The molecule has 0 N–H and O–H groups in total. The van der Waals surface area contributed by atoms with Gasteiger partial charge in [-0.1, -0.05) is 0 Å². The Morgan fingerprint density at radius 3 is 2.71 bits per heavy atom. The fourth-order valence-electron chi connectivity index (χ4n) is 2.73. The van der Waals surface area contributed by atoms with Crippen LogP contribution >= 0.6 is 0 Å². The Balaban J connectivity index is 1.66. The zero-order valence-electron chi connectivity index (χ0n) is 13.6. The molecule has 1 aromatic heterocycles. The summed E-state index contributed by atoms with van der Waals surface area (Å²) < 4.78 is 47.2. The highest BCUT2D eigenvalue weighted by Gasteiger charge is 2.37. The van der Waals surface area contributed by atoms with Gasteiger partial charge in [-0.05, 0) is 37.6 Å². The zero-order valence-corrected chi connectivity index (χ0v) is 14.5. The van der Waals surface area contributed by atoms with Crippen molar-refractivity contribution in [2.45, 2.75) is 25.3 Å². The number of nitrogens with zero attached hydrogens (tertiary/aromatic N) is 3. The number of rotatable bonds is 6. The number of halogens is 1. The quantitative estimate of drug-likeness (QED) is 0.797. The normalized spacial score (nSPS) is 16.1. The molecule has 0 saturated carbocycles. The molecule has 1 saturated heterocycles. The number of hydrogen-bond acceptors (Lipinski definition) is 4. The summed E-state index contributed by atoms with van der Waals surface area (Å²) >= 11 is 0. The molecule has 0 amide bonds. The summed E-state index contributed by atoms with van der Waals surface area (Å²) in [5.41, 5.74) is 1.07. The molecular weight excluding hydrogens is 333 g/mol. The first-order valence-electron chi connectivity index (χ1n) is 7.81. The fraction of sp³-hybridized carbons (Fsp3) is 0.438. The van der Waals surface area contributed by atoms with Gasteiger partial charge in [-0.15, -0.1) is 0 Å². The third kappa shape index (κ3) is 3.29. The van der Waals surface area contributed by atoms with E-state index in [2.05, 4.69) is 5.10 Å². The molecule has 0 aliphatic carbocycles. The maximum Gasteiger partial charge on any atom is 0.243 e. The summed E-state index contributed by atoms with van der Waals surface area (Å²) in [4.78, 5) is -0.0446. The van der Waals surface area contributed by atoms with Gasteiger partial charge in [0.1, 0.15) is 0 Å². The minimum Gasteiger partial charge on any atom is -0.491 e. The van der Waals surface area contributed by atoms with E-state index in [0.29, 0.717) is 26.2 Å². The van der Waals surface area contributed by atoms with Crippen molar-refractivity contribution >= 4 is 10.0 Å². The second kappa shape index (κ2) is 6.52. The number of aryl methyl sites for hydroxylation is 1. The molecule has 2 heterocycles. The summed E-state index contributed by atoms with van der Waals surface area (Å²) in [6.45, 7) is 5.53. The molecule has 1 aliphatic heterocycles. The summed E-state index contributed by atoms with van der Waals surface area (Å²) in [5, 5.41) is 4.21. The second-order valence-corrected chi connectivity index (χ2v) is 7.89. The standard InChI is InChI=1S/C16H20FN3O3S/c1-3-23-16-5-4-14(6-15(16)17)24(21,22)20-10-13(11-20)9-19-8-12(2)7-18-19/h4-8,13H,3,9-11H2,1-2H3. The van der Waals surface area contributed by atoms with Crippen LogP contribution in [0.15, 0.2) is 35.5 Å². The Bertz CT molecular complexity index is 829. The van der Waals surface area contributed by atoms with Crippen LogP contribution in [0.4, 0.5) is 4.39 Å². The van der Waals surface area contributed by atoms with Crippen molar-refractivity contribution in [2.24, 2.45) is 5.92 Å². The number of hydrogen-bond donors (Lipinski definition) is 0. The van der Waals surface area contributed by atoms with Gasteiger partial charge >= 0.3 is 0 Å². The molecule has 24 heavy (non-hydrogen) atoms. The molecule has 0 unspecified atom stereocenters. The van der Waals surface area contributed by atoms with E-state index in [0.717, 1.165) is 11.6 Å². The van der Waals surface area contributed by atoms with Crippen molar-refractivity contribution in [3.05, 3.63) is 42.0 Å². The minimum atomic E-state index is -3.67. The zero-order chi connectivity index (χ0) is 17.3. The van der Waals surface area contributed by atoms with Crippen LogP contribution in [0, 0.1) is 18.7 Å². The highest BCUT2D eigenvalue weighted by Crippen LogP contribution is 2.28. The Kier molecular flexibility index (Phi) is 4.60. The van der Waals surface area contributed by atoms with Crippen LogP contribution < -0.4 is 4.74 Å². The topological polar surface area (TPSA) is 64.4 Å². The van der Waals surface area contributed by atoms with Crippen LogP contribution in [0.25, 0.3) is 0 Å². The van der Waals surface area contributed by atoms with Crippen LogP contribution in [-0.2, 0) is 16.6 Å². The van der Waals surface area contributed by atoms with Crippen molar-refractivity contribution in [2.75, 3.05) is 19.7 Å².